The predicted octanol–water partition coefficient (Wildman–Crippen LogP) is 4.41. The van der Waals surface area contributed by atoms with E-state index in [9.17, 15) is 14.7 Å². The number of rotatable bonds is 8. The van der Waals surface area contributed by atoms with Gasteiger partial charge in [-0.15, -0.1) is 23.1 Å². The lowest BCUT2D eigenvalue weighted by Crippen LogP contribution is -2.48. The van der Waals surface area contributed by atoms with Crippen molar-refractivity contribution in [3.05, 3.63) is 52.9 Å². The maximum atomic E-state index is 13.6. The lowest BCUT2D eigenvalue weighted by Gasteiger charge is -2.29. The van der Waals surface area contributed by atoms with Gasteiger partial charge < -0.3 is 19.8 Å². The van der Waals surface area contributed by atoms with E-state index in [1.165, 1.54) is 16.7 Å². The van der Waals surface area contributed by atoms with E-state index in [1.807, 2.05) is 63.7 Å². The summed E-state index contributed by atoms with van der Waals surface area (Å²) in [6, 6.07) is 8.81. The first-order valence-electron chi connectivity index (χ1n) is 12.0. The highest BCUT2D eigenvalue weighted by atomic mass is 32.2. The number of nitrogens with zero attached hydrogens (tertiary/aromatic N) is 3. The number of hydrogen-bond donors (Lipinski definition) is 2. The molecule has 3 aromatic rings. The highest BCUT2D eigenvalue weighted by Gasteiger charge is 2.43. The van der Waals surface area contributed by atoms with Gasteiger partial charge in [-0.25, -0.2) is 4.98 Å². The standard InChI is InChI=1S/C26H32N4O4S2/c1-14(2)23(21-11-22(35-5)29-34-21)26(33)30-12-19(31)10-20(30)25(32)28-15(3)17-6-8-18(9-7-17)24-16(4)27-13-36-24/h6-9,11,13-15,19-20,23,31H,10,12H2,1-5H3,(H,28,32)/t15-,19+,20-,23+/m0/s1. The van der Waals surface area contributed by atoms with Gasteiger partial charge in [0.05, 0.1) is 28.2 Å². The third-order valence-corrected chi connectivity index (χ3v) is 8.19. The molecule has 1 saturated heterocycles. The summed E-state index contributed by atoms with van der Waals surface area (Å²) in [5.74, 6) is -0.688. The predicted molar refractivity (Wildman–Crippen MR) is 141 cm³/mol. The van der Waals surface area contributed by atoms with Crippen LogP contribution in [0, 0.1) is 12.8 Å². The fourth-order valence-electron chi connectivity index (χ4n) is 4.63. The number of β-amino-alcohol motifs (C(OH)–C–C–N with tert-alkyl or cyclic N) is 1. The maximum Gasteiger partial charge on any atom is 0.243 e. The van der Waals surface area contributed by atoms with Crippen LogP contribution in [0.3, 0.4) is 0 Å². The first-order valence-corrected chi connectivity index (χ1v) is 14.1. The van der Waals surface area contributed by atoms with Crippen LogP contribution in [0.1, 0.15) is 56.2 Å². The highest BCUT2D eigenvalue weighted by molar-refractivity contribution is 7.98. The molecule has 10 heteroatoms. The summed E-state index contributed by atoms with van der Waals surface area (Å²) in [5.41, 5.74) is 4.87. The molecule has 2 aromatic heterocycles. The Morgan fingerprint density at radius 3 is 2.56 bits per heavy atom. The normalized spacial score (nSPS) is 19.5. The van der Waals surface area contributed by atoms with Gasteiger partial charge in [0, 0.05) is 19.0 Å². The van der Waals surface area contributed by atoms with Crippen LogP contribution in [0.5, 0.6) is 0 Å². The molecule has 192 valence electrons. The molecule has 0 radical (unpaired) electrons. The summed E-state index contributed by atoms with van der Waals surface area (Å²) >= 11 is 3.04. The van der Waals surface area contributed by atoms with Crippen molar-refractivity contribution in [3.8, 4) is 10.4 Å². The molecule has 0 aliphatic carbocycles. The summed E-state index contributed by atoms with van der Waals surface area (Å²) in [4.78, 5) is 33.9. The molecule has 0 unspecified atom stereocenters. The zero-order valence-electron chi connectivity index (χ0n) is 21.1. The fourth-order valence-corrected chi connectivity index (χ4v) is 5.79. The number of hydrogen-bond acceptors (Lipinski definition) is 8. The van der Waals surface area contributed by atoms with E-state index in [2.05, 4.69) is 15.5 Å². The van der Waals surface area contributed by atoms with Gasteiger partial charge in [-0.1, -0.05) is 43.3 Å². The number of aryl methyl sites for hydroxylation is 1. The molecule has 0 spiro atoms. The van der Waals surface area contributed by atoms with Crippen LogP contribution in [-0.2, 0) is 9.59 Å². The monoisotopic (exact) mass is 528 g/mol. The average molecular weight is 529 g/mol. The zero-order chi connectivity index (χ0) is 26.0. The lowest BCUT2D eigenvalue weighted by atomic mass is 9.91. The number of benzene rings is 1. The van der Waals surface area contributed by atoms with Crippen molar-refractivity contribution in [1.82, 2.24) is 20.4 Å². The van der Waals surface area contributed by atoms with E-state index < -0.39 is 18.1 Å². The molecule has 1 fully saturated rings. The van der Waals surface area contributed by atoms with Gasteiger partial charge in [-0.05, 0) is 37.1 Å². The van der Waals surface area contributed by atoms with Crippen LogP contribution in [0.4, 0.5) is 0 Å². The average Bonchev–Trinajstić information content (AvgIpc) is 3.58. The zero-order valence-corrected chi connectivity index (χ0v) is 22.7. The minimum absolute atomic E-state index is 0.0683. The minimum Gasteiger partial charge on any atom is -0.391 e. The second kappa shape index (κ2) is 11.1. The summed E-state index contributed by atoms with van der Waals surface area (Å²) in [5, 5.41) is 18.1. The van der Waals surface area contributed by atoms with Crippen LogP contribution in [-0.4, -0.2) is 56.9 Å². The Kier molecular flexibility index (Phi) is 8.17. The Bertz CT molecular complexity index is 1210. The van der Waals surface area contributed by atoms with Crippen molar-refractivity contribution in [2.45, 2.75) is 63.2 Å². The van der Waals surface area contributed by atoms with Crippen molar-refractivity contribution in [2.75, 3.05) is 12.8 Å². The highest BCUT2D eigenvalue weighted by Crippen LogP contribution is 2.33. The van der Waals surface area contributed by atoms with Gasteiger partial charge in [0.1, 0.15) is 17.0 Å². The summed E-state index contributed by atoms with van der Waals surface area (Å²) in [6.45, 7) is 7.88. The van der Waals surface area contributed by atoms with Gasteiger partial charge >= 0.3 is 0 Å². The van der Waals surface area contributed by atoms with E-state index in [0.717, 1.165) is 21.7 Å². The van der Waals surface area contributed by atoms with Crippen LogP contribution >= 0.6 is 23.1 Å². The first kappa shape index (κ1) is 26.4. The van der Waals surface area contributed by atoms with Gasteiger partial charge in [0.2, 0.25) is 11.8 Å². The van der Waals surface area contributed by atoms with Crippen molar-refractivity contribution >= 4 is 34.9 Å². The number of thiazole rings is 1. The Morgan fingerprint density at radius 1 is 1.25 bits per heavy atom. The van der Waals surface area contributed by atoms with Gasteiger partial charge in [0.25, 0.3) is 0 Å². The summed E-state index contributed by atoms with van der Waals surface area (Å²) in [6.07, 6.45) is 1.33. The van der Waals surface area contributed by atoms with Crippen LogP contribution < -0.4 is 5.32 Å². The van der Waals surface area contributed by atoms with Crippen molar-refractivity contribution in [1.29, 1.82) is 0 Å². The van der Waals surface area contributed by atoms with Gasteiger partial charge in [0.15, 0.2) is 5.76 Å². The SMILES string of the molecule is CSc1cc([C@H](C(=O)N2C[C@H](O)C[C@H]2C(=O)N[C@@H](C)c2ccc(-c3scnc3C)cc2)C(C)C)on1. The molecule has 0 bridgehead atoms. The molecule has 8 nitrogen and oxygen atoms in total. The lowest BCUT2D eigenvalue weighted by molar-refractivity contribution is -0.141. The quantitative estimate of drug-likeness (QED) is 0.417. The third-order valence-electron chi connectivity index (χ3n) is 6.60. The number of carbonyl (C=O) groups excluding carboxylic acids is 2. The van der Waals surface area contributed by atoms with Crippen LogP contribution in [0.2, 0.25) is 0 Å². The number of nitrogens with one attached hydrogen (secondary N) is 1. The molecular weight excluding hydrogens is 496 g/mol. The fraction of sp³-hybridized carbons (Fsp3) is 0.462. The molecular formula is C26H32N4O4S2. The molecule has 2 amide bonds. The second-order valence-electron chi connectivity index (χ2n) is 9.51. The molecule has 36 heavy (non-hydrogen) atoms. The summed E-state index contributed by atoms with van der Waals surface area (Å²) < 4.78 is 5.46. The Labute approximate surface area is 219 Å². The smallest absolute Gasteiger partial charge is 0.243 e. The first-order chi connectivity index (χ1) is 17.2. The number of likely N-dealkylation sites (tertiary alicyclic amines) is 1. The number of amides is 2. The van der Waals surface area contributed by atoms with E-state index in [-0.39, 0.29) is 36.7 Å². The minimum atomic E-state index is -0.758. The van der Waals surface area contributed by atoms with Crippen molar-refractivity contribution < 1.29 is 19.2 Å². The number of aliphatic hydroxyl groups is 1. The molecule has 4 rings (SSSR count). The summed E-state index contributed by atoms with van der Waals surface area (Å²) in [7, 11) is 0. The van der Waals surface area contributed by atoms with Gasteiger partial charge in [-0.2, -0.15) is 0 Å². The topological polar surface area (TPSA) is 109 Å². The molecule has 0 saturated carbocycles. The Hall–Kier alpha value is -2.69. The molecule has 1 aromatic carbocycles. The van der Waals surface area contributed by atoms with E-state index in [0.29, 0.717) is 10.8 Å². The van der Waals surface area contributed by atoms with Crippen LogP contribution in [0.25, 0.3) is 10.4 Å². The van der Waals surface area contributed by atoms with E-state index in [1.54, 1.807) is 17.4 Å². The number of carbonyl (C=O) groups is 2. The number of aromatic nitrogens is 2. The van der Waals surface area contributed by atoms with E-state index in [4.69, 9.17) is 4.52 Å². The largest absolute Gasteiger partial charge is 0.391 e. The third kappa shape index (κ3) is 5.50. The molecule has 1 aliphatic heterocycles. The van der Waals surface area contributed by atoms with Crippen LogP contribution in [0.15, 0.2) is 45.4 Å². The molecule has 3 heterocycles. The van der Waals surface area contributed by atoms with E-state index >= 15 is 0 Å². The molecule has 2 N–H and O–H groups in total. The Morgan fingerprint density at radius 2 is 1.97 bits per heavy atom. The molecule has 4 atom stereocenters. The van der Waals surface area contributed by atoms with Gasteiger partial charge in [-0.3, -0.25) is 9.59 Å². The number of thioether (sulfide) groups is 1. The second-order valence-corrected chi connectivity index (χ2v) is 11.2. The van der Waals surface area contributed by atoms with Crippen molar-refractivity contribution in [3.63, 3.8) is 0 Å². The van der Waals surface area contributed by atoms with Crippen molar-refractivity contribution in [2.24, 2.45) is 5.92 Å². The maximum absolute atomic E-state index is 13.6. The molecule has 1 aliphatic rings. The number of aliphatic hydroxyl groups excluding tert-OH is 1. The Balaban J connectivity index is 1.47.